The summed E-state index contributed by atoms with van der Waals surface area (Å²) in [4.78, 5) is 54.7. The summed E-state index contributed by atoms with van der Waals surface area (Å²) in [6.07, 6.45) is 12.2. The summed E-state index contributed by atoms with van der Waals surface area (Å²) < 4.78 is 0. The topological polar surface area (TPSA) is 188 Å². The minimum atomic E-state index is -0.184. The van der Waals surface area contributed by atoms with Gasteiger partial charge in [0.05, 0.1) is 23.2 Å². The van der Waals surface area contributed by atoms with Crippen molar-refractivity contribution in [2.45, 2.75) is 70.7 Å². The third kappa shape index (κ3) is 18.5. The van der Waals surface area contributed by atoms with E-state index in [0.717, 1.165) is 27.9 Å². The zero-order valence-corrected chi connectivity index (χ0v) is 33.9. The lowest BCUT2D eigenvalue weighted by atomic mass is 10.1. The summed E-state index contributed by atoms with van der Waals surface area (Å²) >= 11 is 0. The van der Waals surface area contributed by atoms with Crippen LogP contribution in [0.3, 0.4) is 0 Å². The molecule has 3 amide bonds. The van der Waals surface area contributed by atoms with E-state index in [9.17, 15) is 14.4 Å². The Morgan fingerprint density at radius 1 is 0.727 bits per heavy atom. The number of amides is 3. The molecule has 0 aliphatic rings. The van der Waals surface area contributed by atoms with Crippen molar-refractivity contribution < 1.29 is 14.4 Å². The van der Waals surface area contributed by atoms with Gasteiger partial charge in [0.1, 0.15) is 5.03 Å². The maximum absolute atomic E-state index is 12.0. The van der Waals surface area contributed by atoms with Crippen LogP contribution in [0.25, 0.3) is 10.4 Å². The number of nitrogens with one attached hydrogen (secondary N) is 3. The van der Waals surface area contributed by atoms with E-state index in [4.69, 9.17) is 12.0 Å². The lowest BCUT2D eigenvalue weighted by molar-refractivity contribution is 0.0946. The molecule has 0 spiro atoms. The van der Waals surface area contributed by atoms with Gasteiger partial charge in [0.15, 0.2) is 0 Å². The maximum Gasteiger partial charge on any atom is 0.253 e. The highest BCUT2D eigenvalue weighted by Crippen LogP contribution is 2.28. The van der Waals surface area contributed by atoms with Crippen LogP contribution in [0, 0.1) is 12.3 Å². The molecule has 0 aliphatic carbocycles. The predicted octanol–water partition coefficient (Wildman–Crippen LogP) is 7.97. The number of carbonyl (C=O) groups is 3. The zero-order valence-electron chi connectivity index (χ0n) is 32.2. The van der Waals surface area contributed by atoms with Crippen molar-refractivity contribution in [2.24, 2.45) is 5.11 Å². The van der Waals surface area contributed by atoms with Crippen molar-refractivity contribution in [1.29, 1.82) is 0 Å². The second kappa shape index (κ2) is 26.4. The molecule has 13 nitrogen and oxygen atoms in total. The van der Waals surface area contributed by atoms with Gasteiger partial charge in [-0.2, -0.15) is 0 Å². The van der Waals surface area contributed by atoms with E-state index in [1.165, 1.54) is 0 Å². The van der Waals surface area contributed by atoms with E-state index in [1.807, 2.05) is 42.5 Å². The molecule has 3 N–H and O–H groups in total. The van der Waals surface area contributed by atoms with E-state index < -0.39 is 0 Å². The van der Waals surface area contributed by atoms with Crippen LogP contribution in [-0.4, -0.2) is 69.6 Å². The number of hydrogen-bond acceptors (Lipinski definition) is 10. The van der Waals surface area contributed by atoms with Gasteiger partial charge >= 0.3 is 0 Å². The number of hydrogen-bond donors (Lipinski definition) is 3. The number of terminal acetylenes is 1. The Morgan fingerprint density at radius 3 is 1.62 bits per heavy atom. The highest BCUT2D eigenvalue weighted by Gasteiger charge is 2.09. The average molecular weight is 783 g/mol. The van der Waals surface area contributed by atoms with Crippen molar-refractivity contribution in [1.82, 2.24) is 35.9 Å². The molecule has 0 aromatic carbocycles. The van der Waals surface area contributed by atoms with Crippen molar-refractivity contribution in [2.75, 3.05) is 31.9 Å². The Balaban J connectivity index is 0.000000291. The molecule has 290 valence electrons. The summed E-state index contributed by atoms with van der Waals surface area (Å²) in [7, 11) is 3.29. The molecule has 4 aromatic rings. The molecule has 55 heavy (non-hydrogen) atoms. The summed E-state index contributed by atoms with van der Waals surface area (Å²) in [6, 6.07) is 16.8. The van der Waals surface area contributed by atoms with Gasteiger partial charge in [0.25, 0.3) is 17.7 Å². The van der Waals surface area contributed by atoms with E-state index >= 15 is 0 Å². The first-order chi connectivity index (χ1) is 26.5. The van der Waals surface area contributed by atoms with Gasteiger partial charge < -0.3 is 16.0 Å². The van der Waals surface area contributed by atoms with Crippen LogP contribution in [0.1, 0.15) is 114 Å². The Kier molecular flexibility index (Phi) is 21.9. The van der Waals surface area contributed by atoms with Crippen LogP contribution < -0.4 is 16.0 Å². The third-order valence-corrected chi connectivity index (χ3v) is 9.57. The standard InChI is InChI=1S/C16H19N3OS2.C12H17N5O.C12H14N2O/c1-12(2)14-7-6-13(11-19-14)16(20)18-9-10-21-22-15-5-3-4-8-17-15;1-9(2)11-5-4-10(8-15-11)12(18)14-6-3-7-16-17-13;1-4-7-13-12(15)10-5-6-11(9(2)3)14-8-10/h3-8,11-12H,9-10H2,1-2H3,(H,18,20);4-5,8-9H,3,6-7H2,1-2H3,(H,14,18);1,5-6,8-9H,7H2,2-3H3,(H,13,15). The molecular formula is C40H50N10O3S2. The lowest BCUT2D eigenvalue weighted by Gasteiger charge is -2.07. The van der Waals surface area contributed by atoms with Crippen LogP contribution in [0.5, 0.6) is 0 Å². The second-order valence-corrected chi connectivity index (χ2v) is 15.1. The van der Waals surface area contributed by atoms with Crippen LogP contribution in [0.15, 0.2) is 89.5 Å². The van der Waals surface area contributed by atoms with Gasteiger partial charge in [-0.1, -0.05) is 69.4 Å². The predicted molar refractivity (Wildman–Crippen MR) is 222 cm³/mol. The molecule has 4 aromatic heterocycles. The van der Waals surface area contributed by atoms with E-state index in [1.54, 1.807) is 58.5 Å². The Bertz CT molecular complexity index is 1830. The lowest BCUT2D eigenvalue weighted by Crippen LogP contribution is -2.25. The minimum Gasteiger partial charge on any atom is -0.352 e. The van der Waals surface area contributed by atoms with E-state index in [-0.39, 0.29) is 24.3 Å². The highest BCUT2D eigenvalue weighted by molar-refractivity contribution is 8.76. The van der Waals surface area contributed by atoms with Gasteiger partial charge in [0, 0.05) is 72.2 Å². The van der Waals surface area contributed by atoms with E-state index in [0.29, 0.717) is 60.5 Å². The number of azide groups is 1. The molecule has 0 aliphatic heterocycles. The van der Waals surface area contributed by atoms with Gasteiger partial charge in [-0.15, -0.1) is 6.42 Å². The SMILES string of the molecule is C#CCNC(=O)c1ccc(C(C)C)nc1.CC(C)c1ccc(C(=O)NCCCN=[N+]=[N-])cn1.CC(C)c1ccc(C(=O)NCCSSc2ccccn2)cn1. The zero-order chi connectivity index (χ0) is 40.4. The normalized spacial score (nSPS) is 10.2. The van der Waals surface area contributed by atoms with Crippen LogP contribution in [-0.2, 0) is 0 Å². The van der Waals surface area contributed by atoms with Crippen molar-refractivity contribution >= 4 is 39.3 Å². The Hall–Kier alpha value is -5.42. The fraction of sp³-hybridized carbons (Fsp3) is 0.375. The molecule has 0 unspecified atom stereocenters. The smallest absolute Gasteiger partial charge is 0.253 e. The number of carbonyl (C=O) groups excluding carboxylic acids is 3. The summed E-state index contributed by atoms with van der Waals surface area (Å²) in [6.45, 7) is 14.1. The molecule has 0 atom stereocenters. The molecule has 0 bridgehead atoms. The quantitative estimate of drug-likeness (QED) is 0.0253. The first-order valence-corrected chi connectivity index (χ1v) is 20.2. The maximum atomic E-state index is 12.0. The molecule has 0 radical (unpaired) electrons. The van der Waals surface area contributed by atoms with Gasteiger partial charge in [0.2, 0.25) is 0 Å². The van der Waals surface area contributed by atoms with Crippen LogP contribution >= 0.6 is 21.6 Å². The monoisotopic (exact) mass is 782 g/mol. The number of pyridine rings is 4. The van der Waals surface area contributed by atoms with Gasteiger partial charge in [-0.25, -0.2) is 4.98 Å². The molecule has 4 rings (SSSR count). The summed E-state index contributed by atoms with van der Waals surface area (Å²) in [5, 5.41) is 12.6. The van der Waals surface area contributed by atoms with E-state index in [2.05, 4.69) is 93.4 Å². The minimum absolute atomic E-state index is 0.0776. The number of rotatable bonds is 16. The molecular weight excluding hydrogens is 733 g/mol. The van der Waals surface area contributed by atoms with Crippen LogP contribution in [0.2, 0.25) is 0 Å². The Morgan fingerprint density at radius 2 is 1.22 bits per heavy atom. The average Bonchev–Trinajstić information content (AvgIpc) is 3.20. The fourth-order valence-electron chi connectivity index (χ4n) is 4.18. The Labute approximate surface area is 332 Å². The molecule has 0 saturated heterocycles. The fourth-order valence-corrected chi connectivity index (χ4v) is 5.97. The van der Waals surface area contributed by atoms with Crippen LogP contribution in [0.4, 0.5) is 0 Å². The summed E-state index contributed by atoms with van der Waals surface area (Å²) in [5.41, 5.74) is 12.7. The van der Waals surface area contributed by atoms with Crippen molar-refractivity contribution in [3.05, 3.63) is 124 Å². The largest absolute Gasteiger partial charge is 0.352 e. The third-order valence-electron chi connectivity index (χ3n) is 7.31. The summed E-state index contributed by atoms with van der Waals surface area (Å²) in [5.74, 6) is 3.85. The van der Waals surface area contributed by atoms with Gasteiger partial charge in [-0.3, -0.25) is 29.3 Å². The van der Waals surface area contributed by atoms with Crippen molar-refractivity contribution in [3.63, 3.8) is 0 Å². The molecule has 0 saturated carbocycles. The molecule has 15 heteroatoms. The highest BCUT2D eigenvalue weighted by atomic mass is 33.1. The van der Waals surface area contributed by atoms with Gasteiger partial charge in [-0.05, 0) is 89.0 Å². The molecule has 0 fully saturated rings. The number of nitrogens with zero attached hydrogens (tertiary/aromatic N) is 7. The second-order valence-electron chi connectivity index (χ2n) is 12.7. The first kappa shape index (κ1) is 45.7. The number of aromatic nitrogens is 4. The first-order valence-electron chi connectivity index (χ1n) is 17.8. The molecule has 4 heterocycles. The van der Waals surface area contributed by atoms with Crippen molar-refractivity contribution in [3.8, 4) is 12.3 Å².